The van der Waals surface area contributed by atoms with Gasteiger partial charge in [-0.2, -0.15) is 0 Å². The number of ether oxygens (including phenoxy) is 2. The van der Waals surface area contributed by atoms with Crippen LogP contribution in [0.3, 0.4) is 0 Å². The van der Waals surface area contributed by atoms with Crippen LogP contribution in [0.5, 0.6) is 0 Å². The number of hydrogen-bond acceptors (Lipinski definition) is 3. The van der Waals surface area contributed by atoms with Gasteiger partial charge in [0.25, 0.3) is 0 Å². The summed E-state index contributed by atoms with van der Waals surface area (Å²) in [6.45, 7) is 26.7. The van der Waals surface area contributed by atoms with Crippen LogP contribution >= 0.6 is 0 Å². The van der Waals surface area contributed by atoms with Crippen LogP contribution in [0.1, 0.15) is 229 Å². The van der Waals surface area contributed by atoms with Gasteiger partial charge in [-0.05, 0) is 141 Å². The first-order chi connectivity index (χ1) is 27.0. The van der Waals surface area contributed by atoms with Crippen LogP contribution in [0, 0.1) is 56.2 Å². The van der Waals surface area contributed by atoms with Crippen molar-refractivity contribution in [3.8, 4) is 0 Å². The van der Waals surface area contributed by atoms with Crippen molar-refractivity contribution in [2.45, 2.75) is 241 Å². The van der Waals surface area contributed by atoms with E-state index in [1.54, 1.807) is 0 Å². The lowest BCUT2D eigenvalue weighted by molar-refractivity contribution is -0.903. The second-order valence-corrected chi connectivity index (χ2v) is 24.3. The number of nitrogens with zero attached hydrogens (tertiary/aromatic N) is 1. The average molecular weight is 795 g/mol. The van der Waals surface area contributed by atoms with E-state index < -0.39 is 0 Å². The molecule has 5 saturated carbocycles. The molecule has 0 amide bonds. The summed E-state index contributed by atoms with van der Waals surface area (Å²) in [5.41, 5.74) is 1.82. The minimum absolute atomic E-state index is 0.00232. The van der Waals surface area contributed by atoms with Crippen LogP contribution in [0.2, 0.25) is 0 Å². The first-order valence-electron chi connectivity index (χ1n) is 25.7. The molecule has 0 aromatic carbocycles. The number of carbonyl (C=O) groups excluding carboxylic acids is 1. The van der Waals surface area contributed by atoms with Gasteiger partial charge in [-0.15, -0.1) is 0 Å². The number of fused-ring (bicyclic) bond motifs is 5. The van der Waals surface area contributed by atoms with Gasteiger partial charge in [0.1, 0.15) is 6.10 Å². The molecule has 4 nitrogen and oxygen atoms in total. The number of quaternary nitrogens is 1. The maximum Gasteiger partial charge on any atom is 0.362 e. The Morgan fingerprint density at radius 1 is 0.614 bits per heavy atom. The molecule has 6 aliphatic rings. The second kappa shape index (κ2) is 18.4. The molecule has 4 heteroatoms. The lowest BCUT2D eigenvalue weighted by atomic mass is 9.31. The molecule has 1 aliphatic heterocycles. The molecule has 0 spiro atoms. The van der Waals surface area contributed by atoms with Gasteiger partial charge in [-0.1, -0.05) is 139 Å². The van der Waals surface area contributed by atoms with Gasteiger partial charge < -0.3 is 14.0 Å². The van der Waals surface area contributed by atoms with Crippen molar-refractivity contribution in [2.24, 2.45) is 56.2 Å². The van der Waals surface area contributed by atoms with Crippen molar-refractivity contribution in [2.75, 3.05) is 33.3 Å². The average Bonchev–Trinajstić information content (AvgIpc) is 3.49. The van der Waals surface area contributed by atoms with Crippen molar-refractivity contribution in [1.29, 1.82) is 0 Å². The Kier molecular flexibility index (Phi) is 14.8. The molecule has 0 radical (unpaired) electrons. The predicted octanol–water partition coefficient (Wildman–Crippen LogP) is 14.5. The third-order valence-corrected chi connectivity index (χ3v) is 20.0. The largest absolute Gasteiger partial charge is 0.458 e. The van der Waals surface area contributed by atoms with Crippen LogP contribution in [0.15, 0.2) is 0 Å². The first-order valence-corrected chi connectivity index (χ1v) is 25.7. The topological polar surface area (TPSA) is 35.5 Å². The van der Waals surface area contributed by atoms with E-state index in [0.717, 1.165) is 48.4 Å². The molecule has 5 unspecified atom stereocenters. The highest BCUT2D eigenvalue weighted by atomic mass is 16.5. The maximum absolute atomic E-state index is 14.2. The van der Waals surface area contributed by atoms with Gasteiger partial charge in [-0.3, -0.25) is 0 Å². The molecule has 0 aromatic rings. The summed E-state index contributed by atoms with van der Waals surface area (Å²) in [4.78, 5) is 14.2. The highest BCUT2D eigenvalue weighted by molar-refractivity contribution is 5.71. The molecule has 6 rings (SSSR count). The molecule has 2 bridgehead atoms. The highest BCUT2D eigenvalue weighted by Gasteiger charge is 2.73. The monoisotopic (exact) mass is 795 g/mol. The Morgan fingerprint density at radius 2 is 1.18 bits per heavy atom. The molecule has 1 saturated heterocycles. The van der Waals surface area contributed by atoms with Gasteiger partial charge in [0.15, 0.2) is 6.54 Å². The Balaban J connectivity index is 1.08. The fourth-order valence-electron chi connectivity index (χ4n) is 16.2. The van der Waals surface area contributed by atoms with Crippen LogP contribution in [0.4, 0.5) is 0 Å². The minimum atomic E-state index is -0.00232. The summed E-state index contributed by atoms with van der Waals surface area (Å²) in [5.74, 6) is 2.99. The molecular weight excluding hydrogens is 699 g/mol. The van der Waals surface area contributed by atoms with Crippen LogP contribution in [0.25, 0.3) is 0 Å². The zero-order valence-corrected chi connectivity index (χ0v) is 39.8. The number of unbranched alkanes of at least 4 members (excludes halogenated alkanes) is 14. The molecule has 1 heterocycles. The lowest BCUT2D eigenvalue weighted by Crippen LogP contribution is -2.68. The molecule has 0 N–H and O–H groups in total. The van der Waals surface area contributed by atoms with Crippen molar-refractivity contribution in [3.05, 3.63) is 0 Å². The third-order valence-electron chi connectivity index (χ3n) is 20.0. The fraction of sp³-hybridized carbons (Fsp3) is 0.981. The standard InChI is InChI=1S/C53H96NO3/c1-11-13-15-17-19-21-23-25-37-54(10,38-26-24-22-20-18-16-14-12-2)39-45(55)57-44-30-31-50(7)42(49(44,5)6)29-32-52(9)43(50)28-27-41-46-47-48(3,4)33-35-53(46,40-56-47)36-34-51(41,52)8/h41-44,46-47H,11-40H2,1-10H3/q+1/t41?,42?,43?,44?,46?,47-,50-,51+,52+,53+/m0/s1. The Bertz CT molecular complexity index is 1290. The molecule has 10 atom stereocenters. The SMILES string of the molecule is CCCCCCCCCC[N+](C)(CCCCCCCCCC)CC(=O)OC1CC[C@@]2(C)C(CC[C@]3(C)C2CCC2C4[C@@H]5OC[C@@]4(CCC5(C)C)CC[C@]23C)C1(C)C. The van der Waals surface area contributed by atoms with E-state index in [1.165, 1.54) is 161 Å². The van der Waals surface area contributed by atoms with Crippen LogP contribution in [-0.2, 0) is 14.3 Å². The van der Waals surface area contributed by atoms with E-state index in [1.807, 2.05) is 0 Å². The van der Waals surface area contributed by atoms with Gasteiger partial charge in [-0.25, -0.2) is 4.79 Å². The fourth-order valence-corrected chi connectivity index (χ4v) is 16.2. The molecule has 57 heavy (non-hydrogen) atoms. The summed E-state index contributed by atoms with van der Waals surface area (Å²) in [6.07, 6.45) is 35.1. The highest BCUT2D eigenvalue weighted by Crippen LogP contribution is 2.78. The summed E-state index contributed by atoms with van der Waals surface area (Å²) >= 11 is 0. The number of carbonyl (C=O) groups is 1. The molecule has 330 valence electrons. The summed E-state index contributed by atoms with van der Waals surface area (Å²) in [7, 11) is 2.38. The number of esters is 1. The zero-order valence-electron chi connectivity index (χ0n) is 39.8. The third kappa shape index (κ3) is 9.01. The van der Waals surface area contributed by atoms with Gasteiger partial charge in [0, 0.05) is 5.41 Å². The van der Waals surface area contributed by atoms with Gasteiger partial charge in [0.05, 0.1) is 32.8 Å². The zero-order chi connectivity index (χ0) is 41.2. The minimum Gasteiger partial charge on any atom is -0.458 e. The summed E-state index contributed by atoms with van der Waals surface area (Å²) in [5, 5.41) is 0. The van der Waals surface area contributed by atoms with Crippen LogP contribution < -0.4 is 0 Å². The van der Waals surface area contributed by atoms with E-state index in [9.17, 15) is 4.79 Å². The maximum atomic E-state index is 14.2. The number of hydrogen-bond donors (Lipinski definition) is 0. The van der Waals surface area contributed by atoms with Gasteiger partial charge >= 0.3 is 5.97 Å². The van der Waals surface area contributed by atoms with Crippen molar-refractivity contribution < 1.29 is 18.8 Å². The Hall–Kier alpha value is -0.610. The van der Waals surface area contributed by atoms with E-state index in [0.29, 0.717) is 45.6 Å². The normalized spacial score (nSPS) is 39.1. The summed E-state index contributed by atoms with van der Waals surface area (Å²) in [6, 6.07) is 0. The lowest BCUT2D eigenvalue weighted by Gasteiger charge is -2.73. The molecule has 5 aliphatic carbocycles. The van der Waals surface area contributed by atoms with E-state index >= 15 is 0 Å². The van der Waals surface area contributed by atoms with Crippen molar-refractivity contribution in [3.63, 3.8) is 0 Å². The second-order valence-electron chi connectivity index (χ2n) is 24.3. The number of likely N-dealkylation sites (N-methyl/N-ethyl adjacent to an activating group) is 1. The Morgan fingerprint density at radius 3 is 1.77 bits per heavy atom. The summed E-state index contributed by atoms with van der Waals surface area (Å²) < 4.78 is 14.5. The molecule has 0 aromatic heterocycles. The number of rotatable bonds is 21. The quantitative estimate of drug-likeness (QED) is 0.0659. The van der Waals surface area contributed by atoms with Crippen molar-refractivity contribution in [1.82, 2.24) is 0 Å². The molecule has 6 fully saturated rings. The first kappa shape index (κ1) is 45.9. The smallest absolute Gasteiger partial charge is 0.362 e. The van der Waals surface area contributed by atoms with Crippen molar-refractivity contribution >= 4 is 5.97 Å². The molecular formula is C53H96NO3+. The Labute approximate surface area is 354 Å². The predicted molar refractivity (Wildman–Crippen MR) is 240 cm³/mol. The van der Waals surface area contributed by atoms with Crippen LogP contribution in [-0.4, -0.2) is 55.9 Å². The van der Waals surface area contributed by atoms with E-state index in [-0.39, 0.29) is 17.5 Å². The van der Waals surface area contributed by atoms with E-state index in [2.05, 4.69) is 69.4 Å². The van der Waals surface area contributed by atoms with E-state index in [4.69, 9.17) is 9.47 Å². The van der Waals surface area contributed by atoms with Gasteiger partial charge in [0.2, 0.25) is 0 Å².